The van der Waals surface area contributed by atoms with Crippen molar-refractivity contribution in [2.24, 2.45) is 5.92 Å². The number of halogens is 2. The number of benzene rings is 1. The molecule has 116 valence electrons. The van der Waals surface area contributed by atoms with Crippen LogP contribution in [-0.4, -0.2) is 31.6 Å². The third-order valence-corrected chi connectivity index (χ3v) is 3.44. The summed E-state index contributed by atoms with van der Waals surface area (Å²) in [6, 6.07) is 3.97. The molecule has 1 rings (SSSR count). The van der Waals surface area contributed by atoms with Crippen LogP contribution in [0, 0.1) is 5.92 Å². The maximum atomic E-state index is 11.8. The van der Waals surface area contributed by atoms with Gasteiger partial charge in [0.05, 0.1) is 17.2 Å². The van der Waals surface area contributed by atoms with Crippen molar-refractivity contribution in [2.75, 3.05) is 13.7 Å². The van der Waals surface area contributed by atoms with E-state index in [4.69, 9.17) is 27.9 Å². The van der Waals surface area contributed by atoms with E-state index in [0.717, 1.165) is 0 Å². The Bertz CT molecular complexity index is 520. The summed E-state index contributed by atoms with van der Waals surface area (Å²) < 4.78 is 9.93. The molecule has 0 aromatic heterocycles. The molecule has 1 atom stereocenters. The molecule has 0 radical (unpaired) electrons. The van der Waals surface area contributed by atoms with Gasteiger partial charge < -0.3 is 14.8 Å². The Morgan fingerprint density at radius 2 is 1.90 bits per heavy atom. The summed E-state index contributed by atoms with van der Waals surface area (Å²) in [4.78, 5) is 23.3. The molecule has 1 N–H and O–H groups in total. The molecule has 1 aromatic rings. The second kappa shape index (κ2) is 8.10. The minimum atomic E-state index is -0.708. The van der Waals surface area contributed by atoms with E-state index in [9.17, 15) is 9.59 Å². The van der Waals surface area contributed by atoms with Gasteiger partial charge in [-0.25, -0.2) is 4.79 Å². The van der Waals surface area contributed by atoms with Crippen LogP contribution in [0.5, 0.6) is 5.75 Å². The van der Waals surface area contributed by atoms with Crippen LogP contribution in [0.4, 0.5) is 0 Å². The predicted octanol–water partition coefficient (Wildman–Crippen LogP) is 2.69. The number of amides is 1. The van der Waals surface area contributed by atoms with Gasteiger partial charge in [-0.15, -0.1) is 0 Å². The molecule has 0 saturated carbocycles. The van der Waals surface area contributed by atoms with E-state index in [1.807, 2.05) is 13.8 Å². The van der Waals surface area contributed by atoms with Gasteiger partial charge in [-0.1, -0.05) is 37.0 Å². The van der Waals surface area contributed by atoms with E-state index in [1.54, 1.807) is 12.1 Å². The van der Waals surface area contributed by atoms with E-state index in [1.165, 1.54) is 13.2 Å². The lowest BCUT2D eigenvalue weighted by Gasteiger charge is -2.19. The molecule has 1 unspecified atom stereocenters. The third-order valence-electron chi connectivity index (χ3n) is 2.70. The van der Waals surface area contributed by atoms with E-state index >= 15 is 0 Å². The van der Waals surface area contributed by atoms with Gasteiger partial charge in [-0.2, -0.15) is 0 Å². The monoisotopic (exact) mass is 333 g/mol. The zero-order valence-electron chi connectivity index (χ0n) is 12.0. The highest BCUT2D eigenvalue weighted by molar-refractivity contribution is 6.42. The number of rotatable bonds is 6. The summed E-state index contributed by atoms with van der Waals surface area (Å²) in [5.41, 5.74) is 0. The average molecular weight is 334 g/mol. The molecule has 7 heteroatoms. The molecular formula is C14H17Cl2NO4. The molecule has 0 saturated heterocycles. The van der Waals surface area contributed by atoms with E-state index in [2.05, 4.69) is 10.1 Å². The number of hydrogen-bond donors (Lipinski definition) is 1. The predicted molar refractivity (Wildman–Crippen MR) is 80.7 cm³/mol. The lowest BCUT2D eigenvalue weighted by molar-refractivity contribution is -0.146. The van der Waals surface area contributed by atoms with Crippen molar-refractivity contribution < 1.29 is 19.1 Å². The van der Waals surface area contributed by atoms with Crippen LogP contribution in [0.15, 0.2) is 18.2 Å². The van der Waals surface area contributed by atoms with Crippen LogP contribution >= 0.6 is 23.2 Å². The molecular weight excluding hydrogens is 317 g/mol. The second-order valence-corrected chi connectivity index (χ2v) is 5.49. The van der Waals surface area contributed by atoms with Crippen LogP contribution in [0.2, 0.25) is 10.0 Å². The molecule has 0 aliphatic carbocycles. The lowest BCUT2D eigenvalue weighted by Crippen LogP contribution is -2.46. The molecule has 1 aromatic carbocycles. The number of carbonyl (C=O) groups is 2. The number of nitrogens with one attached hydrogen (secondary N) is 1. The van der Waals surface area contributed by atoms with Gasteiger partial charge in [-0.3, -0.25) is 4.79 Å². The Balaban J connectivity index is 2.56. The first-order valence-corrected chi connectivity index (χ1v) is 7.05. The number of ether oxygens (including phenoxy) is 2. The zero-order chi connectivity index (χ0) is 16.0. The van der Waals surface area contributed by atoms with Gasteiger partial charge in [0, 0.05) is 6.07 Å². The smallest absolute Gasteiger partial charge is 0.328 e. The van der Waals surface area contributed by atoms with Crippen LogP contribution < -0.4 is 10.1 Å². The first-order valence-electron chi connectivity index (χ1n) is 6.30. The number of carbonyl (C=O) groups excluding carboxylic acids is 2. The third kappa shape index (κ3) is 5.44. The zero-order valence-corrected chi connectivity index (χ0v) is 13.5. The van der Waals surface area contributed by atoms with Gasteiger partial charge in [0.1, 0.15) is 11.8 Å². The molecule has 21 heavy (non-hydrogen) atoms. The normalized spacial score (nSPS) is 11.9. The molecule has 1 amide bonds. The van der Waals surface area contributed by atoms with Crippen molar-refractivity contribution in [3.8, 4) is 5.75 Å². The number of esters is 1. The Kier molecular flexibility index (Phi) is 6.78. The molecule has 0 aliphatic heterocycles. The topological polar surface area (TPSA) is 64.6 Å². The average Bonchev–Trinajstić information content (AvgIpc) is 2.44. The van der Waals surface area contributed by atoms with E-state index in [0.29, 0.717) is 15.8 Å². The van der Waals surface area contributed by atoms with Crippen molar-refractivity contribution in [3.63, 3.8) is 0 Å². The van der Waals surface area contributed by atoms with Crippen LogP contribution in [0.3, 0.4) is 0 Å². The second-order valence-electron chi connectivity index (χ2n) is 4.68. The minimum absolute atomic E-state index is 0.0913. The van der Waals surface area contributed by atoms with Gasteiger partial charge in [0.25, 0.3) is 5.91 Å². The van der Waals surface area contributed by atoms with Gasteiger partial charge in [0.15, 0.2) is 6.61 Å². The molecule has 0 spiro atoms. The van der Waals surface area contributed by atoms with Crippen molar-refractivity contribution in [1.29, 1.82) is 0 Å². The number of methoxy groups -OCH3 is 1. The Morgan fingerprint density at radius 1 is 1.24 bits per heavy atom. The van der Waals surface area contributed by atoms with Gasteiger partial charge >= 0.3 is 5.97 Å². The maximum Gasteiger partial charge on any atom is 0.328 e. The first-order chi connectivity index (χ1) is 9.85. The summed E-state index contributed by atoms with van der Waals surface area (Å²) in [7, 11) is 1.27. The molecule has 0 aliphatic rings. The summed E-state index contributed by atoms with van der Waals surface area (Å²) in [5, 5.41) is 3.30. The summed E-state index contributed by atoms with van der Waals surface area (Å²) >= 11 is 11.6. The maximum absolute atomic E-state index is 11.8. The molecule has 0 heterocycles. The van der Waals surface area contributed by atoms with Crippen molar-refractivity contribution in [3.05, 3.63) is 28.2 Å². The van der Waals surface area contributed by atoms with Crippen molar-refractivity contribution in [1.82, 2.24) is 5.32 Å². The van der Waals surface area contributed by atoms with Crippen LogP contribution in [-0.2, 0) is 14.3 Å². The minimum Gasteiger partial charge on any atom is -0.484 e. The summed E-state index contributed by atoms with van der Waals surface area (Å²) in [6.45, 7) is 3.38. The molecule has 0 fully saturated rings. The Labute approximate surface area is 133 Å². The summed E-state index contributed by atoms with van der Waals surface area (Å²) in [6.07, 6.45) is 0. The molecule has 5 nitrogen and oxygen atoms in total. The largest absolute Gasteiger partial charge is 0.484 e. The summed E-state index contributed by atoms with van der Waals surface area (Å²) in [5.74, 6) is -0.594. The Hall–Kier alpha value is -1.46. The SMILES string of the molecule is COC(=O)C(NC(=O)COc1ccc(Cl)c(Cl)c1)C(C)C. The van der Waals surface area contributed by atoms with Gasteiger partial charge in [-0.05, 0) is 18.1 Å². The van der Waals surface area contributed by atoms with Crippen LogP contribution in [0.1, 0.15) is 13.8 Å². The highest BCUT2D eigenvalue weighted by Crippen LogP contribution is 2.26. The fourth-order valence-electron chi connectivity index (χ4n) is 1.56. The van der Waals surface area contributed by atoms with E-state index in [-0.39, 0.29) is 12.5 Å². The van der Waals surface area contributed by atoms with Gasteiger partial charge in [0.2, 0.25) is 0 Å². The fraction of sp³-hybridized carbons (Fsp3) is 0.429. The number of hydrogen-bond acceptors (Lipinski definition) is 4. The first kappa shape index (κ1) is 17.6. The molecule has 0 bridgehead atoms. The lowest BCUT2D eigenvalue weighted by atomic mass is 10.0. The van der Waals surface area contributed by atoms with Crippen LogP contribution in [0.25, 0.3) is 0 Å². The standard InChI is InChI=1S/C14H17Cl2NO4/c1-8(2)13(14(19)20-3)17-12(18)7-21-9-4-5-10(15)11(16)6-9/h4-6,8,13H,7H2,1-3H3,(H,17,18). The van der Waals surface area contributed by atoms with E-state index < -0.39 is 17.9 Å². The quantitative estimate of drug-likeness (QED) is 0.813. The van der Waals surface area contributed by atoms with Crippen molar-refractivity contribution in [2.45, 2.75) is 19.9 Å². The fourth-order valence-corrected chi connectivity index (χ4v) is 1.84. The highest BCUT2D eigenvalue weighted by Gasteiger charge is 2.24. The highest BCUT2D eigenvalue weighted by atomic mass is 35.5. The van der Waals surface area contributed by atoms with Crippen molar-refractivity contribution >= 4 is 35.1 Å². The Morgan fingerprint density at radius 3 is 2.43 bits per heavy atom.